The Morgan fingerprint density at radius 2 is 1.86 bits per heavy atom. The van der Waals surface area contributed by atoms with Crippen molar-refractivity contribution < 1.29 is 22.7 Å². The van der Waals surface area contributed by atoms with E-state index < -0.39 is 28.2 Å². The third-order valence-corrected chi connectivity index (χ3v) is 5.12. The Balaban J connectivity index is 2.12. The summed E-state index contributed by atoms with van der Waals surface area (Å²) in [5, 5.41) is 0. The molecular formula is C14H11ClO5S2. The molecule has 1 aromatic carbocycles. The van der Waals surface area contributed by atoms with Gasteiger partial charge in [0.25, 0.3) is 0 Å². The summed E-state index contributed by atoms with van der Waals surface area (Å²) in [5.74, 6) is -1.26. The van der Waals surface area contributed by atoms with Crippen LogP contribution in [-0.2, 0) is 14.6 Å². The number of ether oxygens (including phenoxy) is 1. The van der Waals surface area contributed by atoms with E-state index in [0.717, 1.165) is 17.6 Å². The molecule has 0 saturated carbocycles. The maximum absolute atomic E-state index is 12.0. The van der Waals surface area contributed by atoms with Crippen LogP contribution in [0.15, 0.2) is 41.3 Å². The van der Waals surface area contributed by atoms with E-state index in [2.05, 4.69) is 0 Å². The van der Waals surface area contributed by atoms with Crippen molar-refractivity contribution in [1.82, 2.24) is 0 Å². The summed E-state index contributed by atoms with van der Waals surface area (Å²) in [5.41, 5.74) is -0.0954. The van der Waals surface area contributed by atoms with Gasteiger partial charge in [0, 0.05) is 6.26 Å². The standard InChI is InChI=1S/C14H11ClO5S2/c1-22(18,19)12-5-3-2-4-9(12)14(17)20-8-10(16)11-6-7-13(15)21-11/h2-7H,8H2,1H3. The predicted molar refractivity (Wildman–Crippen MR) is 83.5 cm³/mol. The highest BCUT2D eigenvalue weighted by molar-refractivity contribution is 7.90. The van der Waals surface area contributed by atoms with Crippen LogP contribution in [0.1, 0.15) is 20.0 Å². The van der Waals surface area contributed by atoms with Gasteiger partial charge in [-0.05, 0) is 24.3 Å². The molecule has 1 aromatic heterocycles. The first-order valence-corrected chi connectivity index (χ1v) is 9.12. The average molecular weight is 359 g/mol. The molecule has 0 fully saturated rings. The van der Waals surface area contributed by atoms with Crippen molar-refractivity contribution in [3.63, 3.8) is 0 Å². The number of benzene rings is 1. The summed E-state index contributed by atoms with van der Waals surface area (Å²) < 4.78 is 28.6. The van der Waals surface area contributed by atoms with Gasteiger partial charge in [0.15, 0.2) is 16.4 Å². The Labute approximate surface area is 136 Å². The topological polar surface area (TPSA) is 77.5 Å². The minimum absolute atomic E-state index is 0.0954. The molecule has 1 heterocycles. The smallest absolute Gasteiger partial charge is 0.339 e. The van der Waals surface area contributed by atoms with Gasteiger partial charge < -0.3 is 4.74 Å². The van der Waals surface area contributed by atoms with E-state index in [-0.39, 0.29) is 10.5 Å². The lowest BCUT2D eigenvalue weighted by Gasteiger charge is -2.07. The SMILES string of the molecule is CS(=O)(=O)c1ccccc1C(=O)OCC(=O)c1ccc(Cl)s1. The molecule has 0 bridgehead atoms. The highest BCUT2D eigenvalue weighted by atomic mass is 35.5. The third-order valence-electron chi connectivity index (χ3n) is 2.69. The van der Waals surface area contributed by atoms with Crippen molar-refractivity contribution in [1.29, 1.82) is 0 Å². The first kappa shape index (κ1) is 16.7. The fourth-order valence-electron chi connectivity index (χ4n) is 1.70. The molecule has 0 atom stereocenters. The molecule has 8 heteroatoms. The van der Waals surface area contributed by atoms with Gasteiger partial charge in [-0.2, -0.15) is 0 Å². The number of ketones is 1. The molecule has 2 aromatic rings. The Morgan fingerprint density at radius 3 is 2.45 bits per heavy atom. The minimum Gasteiger partial charge on any atom is -0.454 e. The number of halogens is 1. The zero-order valence-corrected chi connectivity index (χ0v) is 13.8. The minimum atomic E-state index is -3.57. The third kappa shape index (κ3) is 3.94. The number of esters is 1. The summed E-state index contributed by atoms with van der Waals surface area (Å²) in [7, 11) is -3.57. The normalized spacial score (nSPS) is 11.2. The summed E-state index contributed by atoms with van der Waals surface area (Å²) in [6, 6.07) is 8.78. The number of Topliss-reactive ketones (excluding diaryl/α,β-unsaturated/α-hetero) is 1. The number of hydrogen-bond donors (Lipinski definition) is 0. The van der Waals surface area contributed by atoms with E-state index in [1.807, 2.05) is 0 Å². The second-order valence-corrected chi connectivity index (χ2v) is 8.07. The van der Waals surface area contributed by atoms with Gasteiger partial charge in [0.1, 0.15) is 0 Å². The van der Waals surface area contributed by atoms with Gasteiger partial charge in [-0.3, -0.25) is 4.79 Å². The molecule has 0 amide bonds. The highest BCUT2D eigenvalue weighted by Crippen LogP contribution is 2.22. The van der Waals surface area contributed by atoms with Crippen LogP contribution in [0, 0.1) is 0 Å². The van der Waals surface area contributed by atoms with Crippen LogP contribution in [0.2, 0.25) is 4.34 Å². The van der Waals surface area contributed by atoms with Gasteiger partial charge in [-0.25, -0.2) is 13.2 Å². The zero-order chi connectivity index (χ0) is 16.3. The van der Waals surface area contributed by atoms with Crippen LogP contribution in [0.5, 0.6) is 0 Å². The molecule has 0 aliphatic rings. The fraction of sp³-hybridized carbons (Fsp3) is 0.143. The average Bonchev–Trinajstić information content (AvgIpc) is 2.90. The summed E-state index contributed by atoms with van der Waals surface area (Å²) in [4.78, 5) is 24.1. The molecule has 0 unspecified atom stereocenters. The number of hydrogen-bond acceptors (Lipinski definition) is 6. The van der Waals surface area contributed by atoms with Crippen LogP contribution in [0.25, 0.3) is 0 Å². The van der Waals surface area contributed by atoms with E-state index in [4.69, 9.17) is 16.3 Å². The second-order valence-electron chi connectivity index (χ2n) is 4.37. The molecule has 0 N–H and O–H groups in total. The van der Waals surface area contributed by atoms with Crippen molar-refractivity contribution in [3.8, 4) is 0 Å². The van der Waals surface area contributed by atoms with Crippen molar-refractivity contribution in [2.75, 3.05) is 12.9 Å². The largest absolute Gasteiger partial charge is 0.454 e. The lowest BCUT2D eigenvalue weighted by atomic mass is 10.2. The Bertz CT molecular complexity index is 823. The van der Waals surface area contributed by atoms with Crippen molar-refractivity contribution in [2.45, 2.75) is 4.90 Å². The van der Waals surface area contributed by atoms with E-state index in [0.29, 0.717) is 9.21 Å². The Hall–Kier alpha value is -1.70. The van der Waals surface area contributed by atoms with E-state index in [1.54, 1.807) is 6.07 Å². The monoisotopic (exact) mass is 358 g/mol. The molecule has 0 radical (unpaired) electrons. The lowest BCUT2D eigenvalue weighted by Crippen LogP contribution is -2.16. The number of carbonyl (C=O) groups excluding carboxylic acids is 2. The van der Waals surface area contributed by atoms with Gasteiger partial charge in [0.05, 0.1) is 19.7 Å². The Kier molecular flexibility index (Phi) is 5.00. The van der Waals surface area contributed by atoms with Crippen LogP contribution >= 0.6 is 22.9 Å². The number of thiophene rings is 1. The molecule has 0 spiro atoms. The highest BCUT2D eigenvalue weighted by Gasteiger charge is 2.20. The van der Waals surface area contributed by atoms with E-state index in [9.17, 15) is 18.0 Å². The Morgan fingerprint density at radius 1 is 1.18 bits per heavy atom. The molecule has 2 rings (SSSR count). The quantitative estimate of drug-likeness (QED) is 0.606. The molecule has 116 valence electrons. The van der Waals surface area contributed by atoms with Crippen LogP contribution in [0.4, 0.5) is 0 Å². The van der Waals surface area contributed by atoms with Gasteiger partial charge >= 0.3 is 5.97 Å². The van der Waals surface area contributed by atoms with E-state index in [1.165, 1.54) is 30.3 Å². The van der Waals surface area contributed by atoms with Crippen LogP contribution < -0.4 is 0 Å². The molecular weight excluding hydrogens is 348 g/mol. The molecule has 0 aliphatic heterocycles. The van der Waals surface area contributed by atoms with Gasteiger partial charge in [0.2, 0.25) is 5.78 Å². The van der Waals surface area contributed by atoms with Gasteiger partial charge in [-0.1, -0.05) is 23.7 Å². The summed E-state index contributed by atoms with van der Waals surface area (Å²) in [6.45, 7) is -0.478. The molecule has 5 nitrogen and oxygen atoms in total. The molecule has 0 saturated heterocycles. The maximum atomic E-state index is 12.0. The van der Waals surface area contributed by atoms with Crippen molar-refractivity contribution in [3.05, 3.63) is 51.2 Å². The second kappa shape index (κ2) is 6.60. The number of carbonyl (C=O) groups is 2. The molecule has 22 heavy (non-hydrogen) atoms. The zero-order valence-electron chi connectivity index (χ0n) is 11.4. The first-order valence-electron chi connectivity index (χ1n) is 6.04. The van der Waals surface area contributed by atoms with Crippen LogP contribution in [-0.4, -0.2) is 33.0 Å². The fourth-order valence-corrected chi connectivity index (χ4v) is 3.55. The summed E-state index contributed by atoms with van der Waals surface area (Å²) in [6.07, 6.45) is 0.998. The van der Waals surface area contributed by atoms with Crippen molar-refractivity contribution >= 4 is 44.5 Å². The van der Waals surface area contributed by atoms with Crippen molar-refractivity contribution in [2.24, 2.45) is 0 Å². The maximum Gasteiger partial charge on any atom is 0.339 e. The number of sulfone groups is 1. The molecule has 0 aliphatic carbocycles. The lowest BCUT2D eigenvalue weighted by molar-refractivity contribution is 0.0472. The summed E-state index contributed by atoms with van der Waals surface area (Å²) >= 11 is 6.81. The van der Waals surface area contributed by atoms with Gasteiger partial charge in [-0.15, -0.1) is 11.3 Å². The first-order chi connectivity index (χ1) is 10.3. The van der Waals surface area contributed by atoms with E-state index >= 15 is 0 Å². The van der Waals surface area contributed by atoms with Crippen LogP contribution in [0.3, 0.4) is 0 Å². The number of rotatable bonds is 5. The predicted octanol–water partition coefficient (Wildman–Crippen LogP) is 2.84.